The van der Waals surface area contributed by atoms with Gasteiger partial charge in [0.15, 0.2) is 6.10 Å². The molecule has 0 spiro atoms. The van der Waals surface area contributed by atoms with E-state index in [1.807, 2.05) is 0 Å². The average Bonchev–Trinajstić information content (AvgIpc) is 3.15. The van der Waals surface area contributed by atoms with Gasteiger partial charge in [-0.2, -0.15) is 0 Å². The molecule has 0 radical (unpaired) electrons. The van der Waals surface area contributed by atoms with Crippen LogP contribution in [0.4, 0.5) is 0 Å². The van der Waals surface area contributed by atoms with E-state index in [0.29, 0.717) is 16.7 Å². The molecule has 1 amide bonds. The Morgan fingerprint density at radius 2 is 2.08 bits per heavy atom. The summed E-state index contributed by atoms with van der Waals surface area (Å²) < 4.78 is 11.3. The number of rotatable bonds is 6. The van der Waals surface area contributed by atoms with Crippen LogP contribution in [0.5, 0.6) is 0 Å². The molecule has 0 saturated heterocycles. The largest absolute Gasteiger partial charge is 0.467 e. The second-order valence-electron chi connectivity index (χ2n) is 5.62. The Morgan fingerprint density at radius 3 is 2.85 bits per heavy atom. The number of fused-ring (bicyclic) bond motifs is 1. The number of hydrogen-bond donors (Lipinski definition) is 1. The Hall–Kier alpha value is -3.42. The fourth-order valence-electron chi connectivity index (χ4n) is 2.38. The number of furan rings is 1. The molecule has 3 aromatic rings. The fourth-order valence-corrected chi connectivity index (χ4v) is 2.38. The third-order valence-electron chi connectivity index (χ3n) is 3.73. The monoisotopic (exact) mass is 355 g/mol. The first-order valence-electron chi connectivity index (χ1n) is 7.98. The highest BCUT2D eigenvalue weighted by Crippen LogP contribution is 2.05. The van der Waals surface area contributed by atoms with Gasteiger partial charge in [0.25, 0.3) is 11.5 Å². The number of carbonyl (C=O) groups excluding carboxylic acids is 2. The number of esters is 1. The molecule has 0 saturated carbocycles. The lowest BCUT2D eigenvalue weighted by Crippen LogP contribution is -2.36. The van der Waals surface area contributed by atoms with Gasteiger partial charge in [-0.05, 0) is 31.2 Å². The maximum absolute atomic E-state index is 12.3. The van der Waals surface area contributed by atoms with Crippen LogP contribution in [0.15, 0.2) is 58.2 Å². The van der Waals surface area contributed by atoms with Crippen molar-refractivity contribution in [3.8, 4) is 0 Å². The Kier molecular flexibility index (Phi) is 5.12. The van der Waals surface area contributed by atoms with Crippen molar-refractivity contribution in [2.75, 3.05) is 0 Å². The highest BCUT2D eigenvalue weighted by Gasteiger charge is 2.18. The second-order valence-corrected chi connectivity index (χ2v) is 5.62. The molecule has 1 aromatic carbocycles. The Balaban J connectivity index is 1.59. The molecule has 2 heterocycles. The van der Waals surface area contributed by atoms with Crippen molar-refractivity contribution in [3.05, 3.63) is 65.1 Å². The smallest absolute Gasteiger partial charge is 0.326 e. The second kappa shape index (κ2) is 7.64. The van der Waals surface area contributed by atoms with Crippen LogP contribution < -0.4 is 10.9 Å². The van der Waals surface area contributed by atoms with Crippen molar-refractivity contribution < 1.29 is 18.7 Å². The molecule has 1 atom stereocenters. The number of para-hydroxylation sites is 1. The van der Waals surface area contributed by atoms with Gasteiger partial charge < -0.3 is 14.5 Å². The van der Waals surface area contributed by atoms with Crippen LogP contribution in [-0.2, 0) is 27.4 Å². The Morgan fingerprint density at radius 1 is 1.27 bits per heavy atom. The summed E-state index contributed by atoms with van der Waals surface area (Å²) in [5, 5.41) is 3.01. The minimum Gasteiger partial charge on any atom is -0.467 e. The third kappa shape index (κ3) is 3.97. The topological polar surface area (TPSA) is 103 Å². The SMILES string of the molecule is C[C@H](OC(=O)Cn1cnc2ccccc2c1=O)C(=O)NCc1ccco1. The molecule has 0 fully saturated rings. The zero-order valence-corrected chi connectivity index (χ0v) is 14.0. The lowest BCUT2D eigenvalue weighted by atomic mass is 10.2. The van der Waals surface area contributed by atoms with Crippen LogP contribution in [0.25, 0.3) is 10.9 Å². The highest BCUT2D eigenvalue weighted by atomic mass is 16.5. The molecule has 0 aliphatic carbocycles. The van der Waals surface area contributed by atoms with Crippen molar-refractivity contribution >= 4 is 22.8 Å². The van der Waals surface area contributed by atoms with Crippen LogP contribution in [0, 0.1) is 0 Å². The molecule has 8 heteroatoms. The number of amides is 1. The van der Waals surface area contributed by atoms with E-state index in [1.54, 1.807) is 36.4 Å². The van der Waals surface area contributed by atoms with Crippen molar-refractivity contribution in [2.24, 2.45) is 0 Å². The van der Waals surface area contributed by atoms with E-state index in [0.717, 1.165) is 4.57 Å². The van der Waals surface area contributed by atoms with E-state index in [4.69, 9.17) is 9.15 Å². The molecule has 0 unspecified atom stereocenters. The summed E-state index contributed by atoms with van der Waals surface area (Å²) in [6.07, 6.45) is 1.79. The Bertz CT molecular complexity index is 978. The van der Waals surface area contributed by atoms with E-state index in [9.17, 15) is 14.4 Å². The summed E-state index contributed by atoms with van der Waals surface area (Å²) in [6, 6.07) is 10.3. The van der Waals surface area contributed by atoms with Crippen LogP contribution >= 0.6 is 0 Å². The van der Waals surface area contributed by atoms with Crippen LogP contribution in [0.3, 0.4) is 0 Å². The third-order valence-corrected chi connectivity index (χ3v) is 3.73. The lowest BCUT2D eigenvalue weighted by molar-refractivity contribution is -0.155. The van der Waals surface area contributed by atoms with Gasteiger partial charge in [-0.1, -0.05) is 12.1 Å². The standard InChI is InChI=1S/C18H17N3O5/c1-12(17(23)19-9-13-5-4-8-25-13)26-16(22)10-21-11-20-15-7-3-2-6-14(15)18(21)24/h2-8,11-12H,9-10H2,1H3,(H,19,23)/t12-/m0/s1. The average molecular weight is 355 g/mol. The van der Waals surface area contributed by atoms with Gasteiger partial charge in [-0.15, -0.1) is 0 Å². The summed E-state index contributed by atoms with van der Waals surface area (Å²) in [5.41, 5.74) is 0.204. The van der Waals surface area contributed by atoms with Gasteiger partial charge >= 0.3 is 5.97 Å². The first kappa shape index (κ1) is 17.4. The van der Waals surface area contributed by atoms with Crippen molar-refractivity contribution in [1.29, 1.82) is 0 Å². The molecular formula is C18H17N3O5. The lowest BCUT2D eigenvalue weighted by Gasteiger charge is -2.13. The van der Waals surface area contributed by atoms with E-state index >= 15 is 0 Å². The minimum atomic E-state index is -0.999. The number of ether oxygens (including phenoxy) is 1. The van der Waals surface area contributed by atoms with E-state index in [2.05, 4.69) is 10.3 Å². The van der Waals surface area contributed by atoms with Crippen molar-refractivity contribution in [1.82, 2.24) is 14.9 Å². The van der Waals surface area contributed by atoms with E-state index in [-0.39, 0.29) is 18.6 Å². The number of nitrogens with zero attached hydrogens (tertiary/aromatic N) is 2. The van der Waals surface area contributed by atoms with E-state index < -0.39 is 18.0 Å². The summed E-state index contributed by atoms with van der Waals surface area (Å²) in [6.45, 7) is 1.32. The molecule has 134 valence electrons. The normalized spacial score (nSPS) is 11.9. The fraction of sp³-hybridized carbons (Fsp3) is 0.222. The molecule has 2 aromatic heterocycles. The highest BCUT2D eigenvalue weighted by molar-refractivity contribution is 5.83. The van der Waals surface area contributed by atoms with Crippen molar-refractivity contribution in [3.63, 3.8) is 0 Å². The number of benzene rings is 1. The molecule has 0 aliphatic heterocycles. The predicted molar refractivity (Wildman–Crippen MR) is 92.1 cm³/mol. The summed E-state index contributed by atoms with van der Waals surface area (Å²) >= 11 is 0. The maximum atomic E-state index is 12.3. The molecule has 1 N–H and O–H groups in total. The number of hydrogen-bond acceptors (Lipinski definition) is 6. The van der Waals surface area contributed by atoms with Gasteiger partial charge in [-0.25, -0.2) is 4.98 Å². The Labute approximate surface area is 148 Å². The number of nitrogens with one attached hydrogen (secondary N) is 1. The predicted octanol–water partition coefficient (Wildman–Crippen LogP) is 1.24. The van der Waals surface area contributed by atoms with Gasteiger partial charge in [-0.3, -0.25) is 19.0 Å². The zero-order chi connectivity index (χ0) is 18.5. The molecule has 26 heavy (non-hydrogen) atoms. The molecule has 0 aliphatic rings. The quantitative estimate of drug-likeness (QED) is 0.667. The molecule has 3 rings (SSSR count). The number of aromatic nitrogens is 2. The van der Waals surface area contributed by atoms with E-state index in [1.165, 1.54) is 19.5 Å². The van der Waals surface area contributed by atoms with Crippen LogP contribution in [0.1, 0.15) is 12.7 Å². The van der Waals surface area contributed by atoms with Crippen LogP contribution in [-0.4, -0.2) is 27.5 Å². The first-order chi connectivity index (χ1) is 12.5. The van der Waals surface area contributed by atoms with Gasteiger partial charge in [0.1, 0.15) is 12.3 Å². The van der Waals surface area contributed by atoms with Crippen LogP contribution in [0.2, 0.25) is 0 Å². The summed E-state index contributed by atoms with van der Waals surface area (Å²) in [7, 11) is 0. The van der Waals surface area contributed by atoms with Gasteiger partial charge in [0.2, 0.25) is 0 Å². The van der Waals surface area contributed by atoms with Crippen molar-refractivity contribution in [2.45, 2.75) is 26.1 Å². The van der Waals surface area contributed by atoms with Gasteiger partial charge in [0.05, 0.1) is 30.0 Å². The summed E-state index contributed by atoms with van der Waals surface area (Å²) in [5.74, 6) is -0.575. The molecule has 0 bridgehead atoms. The number of carbonyl (C=O) groups is 2. The molecule has 8 nitrogen and oxygen atoms in total. The first-order valence-corrected chi connectivity index (χ1v) is 7.98. The zero-order valence-electron chi connectivity index (χ0n) is 14.0. The van der Waals surface area contributed by atoms with Gasteiger partial charge in [0, 0.05) is 0 Å². The maximum Gasteiger partial charge on any atom is 0.326 e. The minimum absolute atomic E-state index is 0.196. The molecular weight excluding hydrogens is 338 g/mol. The summed E-state index contributed by atoms with van der Waals surface area (Å²) in [4.78, 5) is 40.5.